The van der Waals surface area contributed by atoms with Crippen molar-refractivity contribution in [3.8, 4) is 5.75 Å². The van der Waals surface area contributed by atoms with Gasteiger partial charge in [0.15, 0.2) is 5.82 Å². The number of hydrogen-bond donors (Lipinski definition) is 1. The van der Waals surface area contributed by atoms with Crippen molar-refractivity contribution in [3.63, 3.8) is 0 Å². The van der Waals surface area contributed by atoms with E-state index in [-0.39, 0.29) is 6.04 Å². The van der Waals surface area contributed by atoms with Crippen LogP contribution >= 0.6 is 0 Å². The van der Waals surface area contributed by atoms with E-state index >= 15 is 0 Å². The van der Waals surface area contributed by atoms with Gasteiger partial charge in [-0.05, 0) is 38.2 Å². The van der Waals surface area contributed by atoms with Gasteiger partial charge in [0, 0.05) is 12.5 Å². The third-order valence-corrected chi connectivity index (χ3v) is 4.63. The number of hydrogen-bond acceptors (Lipinski definition) is 6. The van der Waals surface area contributed by atoms with E-state index in [0.717, 1.165) is 22.6 Å². The Hall–Kier alpha value is -3.19. The molecule has 0 amide bonds. The Bertz CT molecular complexity index is 1040. The second kappa shape index (κ2) is 8.22. The van der Waals surface area contributed by atoms with Crippen molar-refractivity contribution in [2.24, 2.45) is 0 Å². The number of aromatic nitrogens is 4. The first kappa shape index (κ1) is 18.2. The molecule has 0 aliphatic carbocycles. The number of nitrogens with zero attached hydrogens (tertiary/aromatic N) is 4. The molecule has 0 saturated carbocycles. The van der Waals surface area contributed by atoms with E-state index < -0.39 is 0 Å². The van der Waals surface area contributed by atoms with Crippen LogP contribution in [0.15, 0.2) is 59.1 Å². The highest BCUT2D eigenvalue weighted by molar-refractivity contribution is 5.75. The number of rotatable bonds is 8. The SMILES string of the molecule is CNC(C)Cc1noc(Cn2c(COc3ccccc3)nc3ccccc32)n1. The normalized spacial score (nSPS) is 12.4. The highest BCUT2D eigenvalue weighted by Gasteiger charge is 2.15. The third-order valence-electron chi connectivity index (χ3n) is 4.63. The lowest BCUT2D eigenvalue weighted by atomic mass is 10.2. The van der Waals surface area contributed by atoms with Crippen molar-refractivity contribution >= 4 is 11.0 Å². The Balaban J connectivity index is 1.58. The number of fused-ring (bicyclic) bond motifs is 1. The first-order valence-electron chi connectivity index (χ1n) is 9.33. The van der Waals surface area contributed by atoms with E-state index in [4.69, 9.17) is 14.2 Å². The Morgan fingerprint density at radius 2 is 1.86 bits per heavy atom. The molecule has 0 radical (unpaired) electrons. The fraction of sp³-hybridized carbons (Fsp3) is 0.286. The quantitative estimate of drug-likeness (QED) is 0.508. The summed E-state index contributed by atoms with van der Waals surface area (Å²) in [5.41, 5.74) is 1.93. The molecule has 2 heterocycles. The maximum absolute atomic E-state index is 5.91. The summed E-state index contributed by atoms with van der Waals surface area (Å²) >= 11 is 0. The zero-order valence-corrected chi connectivity index (χ0v) is 16.0. The average molecular weight is 377 g/mol. The lowest BCUT2D eigenvalue weighted by Gasteiger charge is -2.08. The van der Waals surface area contributed by atoms with Gasteiger partial charge in [-0.25, -0.2) is 4.98 Å². The van der Waals surface area contributed by atoms with Crippen LogP contribution in [-0.2, 0) is 19.6 Å². The summed E-state index contributed by atoms with van der Waals surface area (Å²) in [6, 6.07) is 18.0. The van der Waals surface area contributed by atoms with Gasteiger partial charge in [-0.2, -0.15) is 4.98 Å². The molecule has 2 aromatic carbocycles. The monoisotopic (exact) mass is 377 g/mol. The number of ether oxygens (including phenoxy) is 1. The molecule has 1 N–H and O–H groups in total. The summed E-state index contributed by atoms with van der Waals surface area (Å²) in [6.45, 7) is 2.89. The van der Waals surface area contributed by atoms with Crippen LogP contribution in [0, 0.1) is 0 Å². The van der Waals surface area contributed by atoms with E-state index in [1.165, 1.54) is 0 Å². The lowest BCUT2D eigenvalue weighted by molar-refractivity contribution is 0.288. The van der Waals surface area contributed by atoms with Crippen LogP contribution in [0.5, 0.6) is 5.75 Å². The van der Waals surface area contributed by atoms with Crippen LogP contribution in [0.1, 0.15) is 24.5 Å². The maximum Gasteiger partial charge on any atom is 0.246 e. The molecule has 4 rings (SSSR count). The average Bonchev–Trinajstić information content (AvgIpc) is 3.32. The molecule has 144 valence electrons. The fourth-order valence-electron chi connectivity index (χ4n) is 3.03. The summed E-state index contributed by atoms with van der Waals surface area (Å²) in [5, 5.41) is 7.28. The second-order valence-electron chi connectivity index (χ2n) is 6.70. The Kier molecular flexibility index (Phi) is 5.34. The number of nitrogens with one attached hydrogen (secondary N) is 1. The zero-order valence-electron chi connectivity index (χ0n) is 16.0. The standard InChI is InChI=1S/C21H23N5O2/c1-15(22-2)12-19-24-21(28-25-19)13-26-18-11-7-6-10-17(18)23-20(26)14-27-16-8-4-3-5-9-16/h3-11,15,22H,12-14H2,1-2H3. The minimum Gasteiger partial charge on any atom is -0.486 e. The molecule has 28 heavy (non-hydrogen) atoms. The summed E-state index contributed by atoms with van der Waals surface area (Å²) in [7, 11) is 1.92. The second-order valence-corrected chi connectivity index (χ2v) is 6.70. The van der Waals surface area contributed by atoms with Gasteiger partial charge in [-0.15, -0.1) is 0 Å². The molecule has 4 aromatic rings. The molecule has 1 atom stereocenters. The number of benzene rings is 2. The minimum absolute atomic E-state index is 0.286. The molecule has 0 fully saturated rings. The summed E-state index contributed by atoms with van der Waals surface area (Å²) < 4.78 is 13.5. The van der Waals surface area contributed by atoms with E-state index in [9.17, 15) is 0 Å². The smallest absolute Gasteiger partial charge is 0.246 e. The maximum atomic E-state index is 5.91. The van der Waals surface area contributed by atoms with Crippen LogP contribution in [0.25, 0.3) is 11.0 Å². The van der Waals surface area contributed by atoms with Crippen molar-refractivity contribution in [2.45, 2.75) is 32.5 Å². The van der Waals surface area contributed by atoms with Gasteiger partial charge in [0.05, 0.1) is 11.0 Å². The Morgan fingerprint density at radius 1 is 1.07 bits per heavy atom. The number of para-hydroxylation sites is 3. The van der Waals surface area contributed by atoms with Gasteiger partial charge >= 0.3 is 0 Å². The molecular formula is C21H23N5O2. The largest absolute Gasteiger partial charge is 0.486 e. The molecular weight excluding hydrogens is 354 g/mol. The van der Waals surface area contributed by atoms with E-state index in [1.54, 1.807) is 0 Å². The van der Waals surface area contributed by atoms with Crippen molar-refractivity contribution in [3.05, 3.63) is 72.1 Å². The van der Waals surface area contributed by atoms with Crippen LogP contribution < -0.4 is 10.1 Å². The number of imidazole rings is 1. The summed E-state index contributed by atoms with van der Waals surface area (Å²) in [6.07, 6.45) is 0.717. The van der Waals surface area contributed by atoms with E-state index in [2.05, 4.69) is 26.9 Å². The lowest BCUT2D eigenvalue weighted by Crippen LogP contribution is -2.24. The van der Waals surface area contributed by atoms with Gasteiger partial charge in [-0.3, -0.25) is 0 Å². The summed E-state index contributed by atoms with van der Waals surface area (Å²) in [5.74, 6) is 2.88. The highest BCUT2D eigenvalue weighted by atomic mass is 16.5. The Labute approximate surface area is 163 Å². The van der Waals surface area contributed by atoms with Gasteiger partial charge < -0.3 is 19.1 Å². The molecule has 7 heteroatoms. The van der Waals surface area contributed by atoms with Crippen molar-refractivity contribution in [1.29, 1.82) is 0 Å². The molecule has 1 unspecified atom stereocenters. The van der Waals surface area contributed by atoms with Gasteiger partial charge in [-0.1, -0.05) is 35.5 Å². The molecule has 0 spiro atoms. The minimum atomic E-state index is 0.286. The highest BCUT2D eigenvalue weighted by Crippen LogP contribution is 2.19. The predicted octanol–water partition coefficient (Wildman–Crippen LogP) is 3.20. The predicted molar refractivity (Wildman–Crippen MR) is 106 cm³/mol. The fourth-order valence-corrected chi connectivity index (χ4v) is 3.03. The van der Waals surface area contributed by atoms with Crippen LogP contribution in [0.4, 0.5) is 0 Å². The molecule has 0 aliphatic heterocycles. The third kappa shape index (κ3) is 4.04. The van der Waals surface area contributed by atoms with Gasteiger partial charge in [0.25, 0.3) is 0 Å². The molecule has 0 saturated heterocycles. The molecule has 0 bridgehead atoms. The topological polar surface area (TPSA) is 78.0 Å². The van der Waals surface area contributed by atoms with E-state index in [1.807, 2.05) is 61.6 Å². The van der Waals surface area contributed by atoms with Crippen LogP contribution in [0.2, 0.25) is 0 Å². The summed E-state index contributed by atoms with van der Waals surface area (Å²) in [4.78, 5) is 9.26. The number of likely N-dealkylation sites (N-methyl/N-ethyl adjacent to an activating group) is 1. The first-order chi connectivity index (χ1) is 13.7. The van der Waals surface area contributed by atoms with Crippen LogP contribution in [-0.4, -0.2) is 32.8 Å². The van der Waals surface area contributed by atoms with Crippen molar-refractivity contribution in [2.75, 3.05) is 7.05 Å². The molecule has 7 nitrogen and oxygen atoms in total. The Morgan fingerprint density at radius 3 is 2.68 bits per heavy atom. The van der Waals surface area contributed by atoms with Crippen molar-refractivity contribution in [1.82, 2.24) is 25.0 Å². The van der Waals surface area contributed by atoms with Gasteiger partial charge in [0.1, 0.15) is 24.7 Å². The molecule has 2 aromatic heterocycles. The van der Waals surface area contributed by atoms with Crippen molar-refractivity contribution < 1.29 is 9.26 Å². The van der Waals surface area contributed by atoms with E-state index in [0.29, 0.717) is 31.3 Å². The molecule has 0 aliphatic rings. The zero-order chi connectivity index (χ0) is 19.3. The van der Waals surface area contributed by atoms with Gasteiger partial charge in [0.2, 0.25) is 5.89 Å². The van der Waals surface area contributed by atoms with Crippen LogP contribution in [0.3, 0.4) is 0 Å². The first-order valence-corrected chi connectivity index (χ1v) is 9.33.